The lowest BCUT2D eigenvalue weighted by Crippen LogP contribution is -2.26. The van der Waals surface area contributed by atoms with E-state index in [4.69, 9.17) is 11.6 Å². The van der Waals surface area contributed by atoms with Crippen LogP contribution in [0.15, 0.2) is 36.0 Å². The standard InChI is InChI=1S/C10H11ClN2O/c1-7(11)10(14)13-8(2)9-5-3-4-6-12-9/h3-6,8H,1H2,2H3,(H,13,14)/t8-/m1/s1. The molecule has 0 radical (unpaired) electrons. The van der Waals surface area contributed by atoms with Crippen molar-refractivity contribution < 1.29 is 4.79 Å². The molecule has 0 aliphatic heterocycles. The molecule has 0 fully saturated rings. The molecule has 0 aliphatic rings. The van der Waals surface area contributed by atoms with Crippen LogP contribution in [0.2, 0.25) is 0 Å². The Kier molecular flexibility index (Phi) is 3.65. The third-order valence-corrected chi connectivity index (χ3v) is 1.90. The predicted octanol–water partition coefficient (Wildman–Crippen LogP) is 2.01. The molecular weight excluding hydrogens is 200 g/mol. The molecule has 0 unspecified atom stereocenters. The first-order chi connectivity index (χ1) is 6.61. The lowest BCUT2D eigenvalue weighted by Gasteiger charge is -2.12. The van der Waals surface area contributed by atoms with Gasteiger partial charge in [0, 0.05) is 6.20 Å². The molecule has 0 saturated carbocycles. The van der Waals surface area contributed by atoms with Crippen LogP contribution in [0.1, 0.15) is 18.7 Å². The lowest BCUT2D eigenvalue weighted by atomic mass is 10.2. The molecule has 14 heavy (non-hydrogen) atoms. The van der Waals surface area contributed by atoms with Crippen molar-refractivity contribution in [2.24, 2.45) is 0 Å². The van der Waals surface area contributed by atoms with Gasteiger partial charge in [-0.2, -0.15) is 0 Å². The van der Waals surface area contributed by atoms with Crippen molar-refractivity contribution >= 4 is 17.5 Å². The first-order valence-corrected chi connectivity index (χ1v) is 4.55. The number of hydrogen-bond acceptors (Lipinski definition) is 2. The van der Waals surface area contributed by atoms with Crippen molar-refractivity contribution in [1.82, 2.24) is 10.3 Å². The minimum atomic E-state index is -0.371. The molecule has 1 aromatic rings. The zero-order valence-electron chi connectivity index (χ0n) is 7.83. The predicted molar refractivity (Wildman–Crippen MR) is 55.8 cm³/mol. The van der Waals surface area contributed by atoms with Crippen LogP contribution in [0.3, 0.4) is 0 Å². The largest absolute Gasteiger partial charge is 0.343 e. The molecule has 1 N–H and O–H groups in total. The second-order valence-corrected chi connectivity index (χ2v) is 3.31. The second-order valence-electron chi connectivity index (χ2n) is 2.85. The summed E-state index contributed by atoms with van der Waals surface area (Å²) in [4.78, 5) is 15.3. The van der Waals surface area contributed by atoms with Gasteiger partial charge in [-0.05, 0) is 19.1 Å². The fourth-order valence-corrected chi connectivity index (χ4v) is 1.04. The van der Waals surface area contributed by atoms with Crippen molar-refractivity contribution in [1.29, 1.82) is 0 Å². The molecule has 0 aromatic carbocycles. The molecule has 0 spiro atoms. The maximum atomic E-state index is 11.2. The number of amides is 1. The highest BCUT2D eigenvalue weighted by atomic mass is 35.5. The van der Waals surface area contributed by atoms with Gasteiger partial charge in [0.2, 0.25) is 0 Å². The maximum absolute atomic E-state index is 11.2. The van der Waals surface area contributed by atoms with Crippen molar-refractivity contribution in [3.8, 4) is 0 Å². The van der Waals surface area contributed by atoms with E-state index in [2.05, 4.69) is 16.9 Å². The molecule has 1 aromatic heterocycles. The summed E-state index contributed by atoms with van der Waals surface area (Å²) >= 11 is 5.43. The van der Waals surface area contributed by atoms with Crippen LogP contribution >= 0.6 is 11.6 Å². The highest BCUT2D eigenvalue weighted by Crippen LogP contribution is 2.09. The number of aromatic nitrogens is 1. The van der Waals surface area contributed by atoms with Gasteiger partial charge in [-0.1, -0.05) is 24.2 Å². The van der Waals surface area contributed by atoms with E-state index in [1.54, 1.807) is 6.20 Å². The smallest absolute Gasteiger partial charge is 0.262 e. The van der Waals surface area contributed by atoms with E-state index < -0.39 is 0 Å². The Balaban J connectivity index is 2.64. The number of nitrogens with zero attached hydrogens (tertiary/aromatic N) is 1. The number of carbonyl (C=O) groups is 1. The first kappa shape index (κ1) is 10.7. The summed E-state index contributed by atoms with van der Waals surface area (Å²) in [6.45, 7) is 5.17. The molecule has 0 bridgehead atoms. The Hall–Kier alpha value is -1.35. The van der Waals surface area contributed by atoms with Gasteiger partial charge in [0.25, 0.3) is 5.91 Å². The average Bonchev–Trinajstić information content (AvgIpc) is 2.19. The number of nitrogens with one attached hydrogen (secondary N) is 1. The van der Waals surface area contributed by atoms with Crippen LogP contribution in [0, 0.1) is 0 Å². The number of rotatable bonds is 3. The van der Waals surface area contributed by atoms with Gasteiger partial charge >= 0.3 is 0 Å². The van der Waals surface area contributed by atoms with E-state index in [9.17, 15) is 4.79 Å². The molecule has 3 nitrogen and oxygen atoms in total. The summed E-state index contributed by atoms with van der Waals surface area (Å²) in [5, 5.41) is 2.64. The van der Waals surface area contributed by atoms with Crippen LogP contribution in [0.25, 0.3) is 0 Å². The number of pyridine rings is 1. The quantitative estimate of drug-likeness (QED) is 0.776. The van der Waals surface area contributed by atoms with Crippen LogP contribution < -0.4 is 5.32 Å². The topological polar surface area (TPSA) is 42.0 Å². The van der Waals surface area contributed by atoms with Crippen LogP contribution in [-0.2, 0) is 4.79 Å². The molecule has 0 saturated heterocycles. The van der Waals surface area contributed by atoms with Gasteiger partial charge in [0.1, 0.15) is 0 Å². The summed E-state index contributed by atoms with van der Waals surface area (Å²) in [5.74, 6) is -0.371. The molecule has 74 valence electrons. The zero-order chi connectivity index (χ0) is 10.6. The van der Waals surface area contributed by atoms with Crippen molar-refractivity contribution in [2.45, 2.75) is 13.0 Å². The van der Waals surface area contributed by atoms with E-state index in [0.29, 0.717) is 0 Å². The summed E-state index contributed by atoms with van der Waals surface area (Å²) in [6.07, 6.45) is 1.67. The number of hydrogen-bond donors (Lipinski definition) is 1. The molecule has 1 heterocycles. The molecular formula is C10H11ClN2O. The highest BCUT2D eigenvalue weighted by Gasteiger charge is 2.10. The van der Waals surface area contributed by atoms with E-state index in [1.165, 1.54) is 0 Å². The number of halogens is 1. The van der Waals surface area contributed by atoms with Gasteiger partial charge < -0.3 is 5.32 Å². The third-order valence-electron chi connectivity index (χ3n) is 1.73. The Bertz CT molecular complexity index is 337. The molecule has 4 heteroatoms. The monoisotopic (exact) mass is 210 g/mol. The minimum absolute atomic E-state index is 0.0206. The maximum Gasteiger partial charge on any atom is 0.262 e. The fourth-order valence-electron chi connectivity index (χ4n) is 0.981. The molecule has 1 atom stereocenters. The summed E-state index contributed by atoms with van der Waals surface area (Å²) < 4.78 is 0. The van der Waals surface area contributed by atoms with Gasteiger partial charge in [0.05, 0.1) is 16.8 Å². The second kappa shape index (κ2) is 4.77. The number of carbonyl (C=O) groups excluding carboxylic acids is 1. The fraction of sp³-hybridized carbons (Fsp3) is 0.200. The van der Waals surface area contributed by atoms with Gasteiger partial charge in [-0.3, -0.25) is 9.78 Å². The molecule has 0 aliphatic carbocycles. The van der Waals surface area contributed by atoms with Crippen LogP contribution in [0.4, 0.5) is 0 Å². The van der Waals surface area contributed by atoms with Crippen molar-refractivity contribution in [3.63, 3.8) is 0 Å². The highest BCUT2D eigenvalue weighted by molar-refractivity contribution is 6.41. The zero-order valence-corrected chi connectivity index (χ0v) is 8.58. The summed E-state index contributed by atoms with van der Waals surface area (Å²) in [7, 11) is 0. The Morgan fingerprint density at radius 1 is 1.64 bits per heavy atom. The normalized spacial score (nSPS) is 11.9. The Labute approximate surface area is 87.8 Å². The average molecular weight is 211 g/mol. The van der Waals surface area contributed by atoms with E-state index in [1.807, 2.05) is 25.1 Å². The van der Waals surface area contributed by atoms with Crippen molar-refractivity contribution in [3.05, 3.63) is 41.7 Å². The van der Waals surface area contributed by atoms with Gasteiger partial charge in [-0.15, -0.1) is 0 Å². The molecule has 1 amide bonds. The lowest BCUT2D eigenvalue weighted by molar-refractivity contribution is -0.117. The van der Waals surface area contributed by atoms with E-state index in [-0.39, 0.29) is 17.0 Å². The van der Waals surface area contributed by atoms with Crippen LogP contribution in [0.5, 0.6) is 0 Å². The Morgan fingerprint density at radius 3 is 2.86 bits per heavy atom. The van der Waals surface area contributed by atoms with Crippen molar-refractivity contribution in [2.75, 3.05) is 0 Å². The first-order valence-electron chi connectivity index (χ1n) is 4.17. The SMILES string of the molecule is C=C(Cl)C(=O)N[C@H](C)c1ccccn1. The molecule has 1 rings (SSSR count). The Morgan fingerprint density at radius 2 is 2.36 bits per heavy atom. The summed E-state index contributed by atoms with van der Waals surface area (Å²) in [6, 6.07) is 5.35. The third kappa shape index (κ3) is 2.85. The van der Waals surface area contributed by atoms with Gasteiger partial charge in [-0.25, -0.2) is 0 Å². The summed E-state index contributed by atoms with van der Waals surface area (Å²) in [5.41, 5.74) is 0.791. The van der Waals surface area contributed by atoms with E-state index in [0.717, 1.165) is 5.69 Å². The minimum Gasteiger partial charge on any atom is -0.343 e. The van der Waals surface area contributed by atoms with Crippen LogP contribution in [-0.4, -0.2) is 10.9 Å². The van der Waals surface area contributed by atoms with Gasteiger partial charge in [0.15, 0.2) is 0 Å². The van der Waals surface area contributed by atoms with E-state index >= 15 is 0 Å².